The van der Waals surface area contributed by atoms with Crippen molar-refractivity contribution in [1.29, 1.82) is 0 Å². The fourth-order valence-electron chi connectivity index (χ4n) is 1.52. The summed E-state index contributed by atoms with van der Waals surface area (Å²) in [6.07, 6.45) is 1.00. The van der Waals surface area contributed by atoms with Gasteiger partial charge in [0.15, 0.2) is 6.10 Å². The molecule has 0 unspecified atom stereocenters. The van der Waals surface area contributed by atoms with E-state index in [-0.39, 0.29) is 13.2 Å². The Kier molecular flexibility index (Phi) is 9.39. The molecule has 0 saturated carbocycles. The molecule has 0 amide bonds. The van der Waals surface area contributed by atoms with Crippen LogP contribution in [-0.2, 0) is 38.4 Å². The van der Waals surface area contributed by atoms with E-state index in [4.69, 9.17) is 4.74 Å². The SMILES string of the molecule is CC(=O)OCC(COC(C)=O)OC(C)=O.O=S1(=O)CCCC1. The van der Waals surface area contributed by atoms with Gasteiger partial charge in [0.05, 0.1) is 11.5 Å². The number of sulfone groups is 1. The van der Waals surface area contributed by atoms with Crippen LogP contribution in [0.25, 0.3) is 0 Å². The summed E-state index contributed by atoms with van der Waals surface area (Å²) in [5.74, 6) is -0.663. The Morgan fingerprint density at radius 2 is 1.27 bits per heavy atom. The third-order valence-corrected chi connectivity index (χ3v) is 4.26. The molecule has 0 N–H and O–H groups in total. The van der Waals surface area contributed by atoms with Crippen molar-refractivity contribution < 1.29 is 37.0 Å². The Morgan fingerprint density at radius 3 is 1.50 bits per heavy atom. The summed E-state index contributed by atoms with van der Waals surface area (Å²) in [5, 5.41) is 0. The van der Waals surface area contributed by atoms with Crippen molar-refractivity contribution in [2.24, 2.45) is 0 Å². The number of carbonyl (C=O) groups is 3. The van der Waals surface area contributed by atoms with Crippen molar-refractivity contribution in [2.45, 2.75) is 39.7 Å². The molecule has 0 aromatic carbocycles. The molecule has 0 aromatic heterocycles. The van der Waals surface area contributed by atoms with Crippen molar-refractivity contribution in [1.82, 2.24) is 0 Å². The van der Waals surface area contributed by atoms with Crippen LogP contribution < -0.4 is 0 Å². The van der Waals surface area contributed by atoms with Crippen molar-refractivity contribution >= 4 is 27.7 Å². The van der Waals surface area contributed by atoms with Gasteiger partial charge >= 0.3 is 17.9 Å². The molecule has 0 radical (unpaired) electrons. The highest BCUT2D eigenvalue weighted by atomic mass is 32.2. The van der Waals surface area contributed by atoms with Crippen LogP contribution in [0, 0.1) is 0 Å². The second kappa shape index (κ2) is 10.1. The summed E-state index contributed by atoms with van der Waals surface area (Å²) in [6.45, 7) is 3.44. The lowest BCUT2D eigenvalue weighted by atomic mass is 10.4. The highest BCUT2D eigenvalue weighted by Crippen LogP contribution is 2.08. The fourth-order valence-corrected chi connectivity index (χ4v) is 3.01. The Labute approximate surface area is 130 Å². The lowest BCUT2D eigenvalue weighted by molar-refractivity contribution is -0.163. The number of ether oxygens (including phenoxy) is 3. The molecule has 9 heteroatoms. The van der Waals surface area contributed by atoms with Crippen LogP contribution >= 0.6 is 0 Å². The highest BCUT2D eigenvalue weighted by molar-refractivity contribution is 7.91. The third-order valence-electron chi connectivity index (χ3n) is 2.44. The summed E-state index contributed by atoms with van der Waals surface area (Å²) < 4.78 is 34.9. The van der Waals surface area contributed by atoms with E-state index >= 15 is 0 Å². The Balaban J connectivity index is 0.000000518. The quantitative estimate of drug-likeness (QED) is 0.517. The van der Waals surface area contributed by atoms with Crippen LogP contribution in [0.4, 0.5) is 0 Å². The number of hydrogen-bond donors (Lipinski definition) is 0. The first kappa shape index (κ1) is 20.4. The fraction of sp³-hybridized carbons (Fsp3) is 0.769. The molecule has 0 spiro atoms. The second-order valence-electron chi connectivity index (χ2n) is 4.70. The largest absolute Gasteiger partial charge is 0.462 e. The molecular weight excluding hydrogens is 316 g/mol. The van der Waals surface area contributed by atoms with E-state index in [0.717, 1.165) is 12.8 Å². The molecule has 1 heterocycles. The number of esters is 3. The van der Waals surface area contributed by atoms with Crippen LogP contribution in [0.3, 0.4) is 0 Å². The van der Waals surface area contributed by atoms with Crippen LogP contribution in [0.1, 0.15) is 33.6 Å². The molecule has 0 atom stereocenters. The molecule has 8 nitrogen and oxygen atoms in total. The van der Waals surface area contributed by atoms with Gasteiger partial charge in [0.2, 0.25) is 0 Å². The third kappa shape index (κ3) is 12.1. The summed E-state index contributed by atoms with van der Waals surface area (Å²) in [5.41, 5.74) is 0. The van der Waals surface area contributed by atoms with Gasteiger partial charge in [0.1, 0.15) is 23.1 Å². The minimum atomic E-state index is -2.55. The molecule has 0 aromatic rings. The summed E-state index contributed by atoms with van der Waals surface area (Å²) >= 11 is 0. The second-order valence-corrected chi connectivity index (χ2v) is 7.00. The number of carbonyl (C=O) groups excluding carboxylic acids is 3. The Bertz CT molecular complexity index is 452. The molecule has 1 aliphatic rings. The number of rotatable bonds is 5. The molecule has 1 rings (SSSR count). The first-order valence-corrected chi connectivity index (χ1v) is 8.59. The topological polar surface area (TPSA) is 113 Å². The average Bonchev–Trinajstić information content (AvgIpc) is 2.77. The maximum atomic E-state index is 10.6. The van der Waals surface area contributed by atoms with Crippen LogP contribution in [0.2, 0.25) is 0 Å². The minimum Gasteiger partial charge on any atom is -0.462 e. The molecule has 1 aliphatic heterocycles. The van der Waals surface area contributed by atoms with Gasteiger partial charge < -0.3 is 14.2 Å². The normalized spacial score (nSPS) is 15.5. The van der Waals surface area contributed by atoms with Gasteiger partial charge in [-0.15, -0.1) is 0 Å². The van der Waals surface area contributed by atoms with Crippen LogP contribution in [0.15, 0.2) is 0 Å². The lowest BCUT2D eigenvalue weighted by Crippen LogP contribution is -2.29. The predicted octanol–water partition coefficient (Wildman–Crippen LogP) is 0.239. The Hall–Kier alpha value is -1.64. The van der Waals surface area contributed by atoms with Gasteiger partial charge in [-0.05, 0) is 12.8 Å². The van der Waals surface area contributed by atoms with E-state index < -0.39 is 33.8 Å². The lowest BCUT2D eigenvalue weighted by Gasteiger charge is -2.15. The zero-order valence-electron chi connectivity index (χ0n) is 13.0. The molecule has 1 fully saturated rings. The molecule has 0 aliphatic carbocycles. The minimum absolute atomic E-state index is 0.123. The van der Waals surface area contributed by atoms with E-state index in [1.807, 2.05) is 0 Å². The van der Waals surface area contributed by atoms with Crippen LogP contribution in [0.5, 0.6) is 0 Å². The zero-order valence-corrected chi connectivity index (χ0v) is 13.8. The summed E-state index contributed by atoms with van der Waals surface area (Å²) in [6, 6.07) is 0. The standard InChI is InChI=1S/C9H14O6.C4H8O2S/c1-6(10)13-4-9(15-8(3)12)5-14-7(2)11;5-7(6)3-1-2-4-7/h9H,4-5H2,1-3H3;1-4H2. The molecule has 128 valence electrons. The predicted molar refractivity (Wildman–Crippen MR) is 76.7 cm³/mol. The highest BCUT2D eigenvalue weighted by Gasteiger charge is 2.16. The molecule has 22 heavy (non-hydrogen) atoms. The zero-order chi connectivity index (χ0) is 17.2. The van der Waals surface area contributed by atoms with Crippen molar-refractivity contribution in [3.8, 4) is 0 Å². The monoisotopic (exact) mass is 338 g/mol. The maximum Gasteiger partial charge on any atom is 0.303 e. The molecule has 1 saturated heterocycles. The van der Waals surface area contributed by atoms with E-state index in [2.05, 4.69) is 9.47 Å². The number of hydrogen-bond acceptors (Lipinski definition) is 8. The molecule has 0 bridgehead atoms. The van der Waals surface area contributed by atoms with E-state index in [0.29, 0.717) is 11.5 Å². The smallest absolute Gasteiger partial charge is 0.303 e. The van der Waals surface area contributed by atoms with Gasteiger partial charge in [-0.25, -0.2) is 8.42 Å². The van der Waals surface area contributed by atoms with Crippen LogP contribution in [-0.4, -0.2) is 57.1 Å². The molecular formula is C13H22O8S. The first-order valence-electron chi connectivity index (χ1n) is 6.76. The van der Waals surface area contributed by atoms with Gasteiger partial charge in [-0.2, -0.15) is 0 Å². The van der Waals surface area contributed by atoms with E-state index in [1.165, 1.54) is 20.8 Å². The van der Waals surface area contributed by atoms with Crippen molar-refractivity contribution in [2.75, 3.05) is 24.7 Å². The first-order chi connectivity index (χ1) is 10.1. The summed E-state index contributed by atoms with van der Waals surface area (Å²) in [7, 11) is -2.55. The van der Waals surface area contributed by atoms with Gasteiger partial charge in [0, 0.05) is 20.8 Å². The van der Waals surface area contributed by atoms with Gasteiger partial charge in [0.25, 0.3) is 0 Å². The van der Waals surface area contributed by atoms with E-state index in [9.17, 15) is 22.8 Å². The van der Waals surface area contributed by atoms with E-state index in [1.54, 1.807) is 0 Å². The average molecular weight is 338 g/mol. The van der Waals surface area contributed by atoms with Crippen molar-refractivity contribution in [3.05, 3.63) is 0 Å². The Morgan fingerprint density at radius 1 is 0.864 bits per heavy atom. The van der Waals surface area contributed by atoms with Gasteiger partial charge in [-0.3, -0.25) is 14.4 Å². The van der Waals surface area contributed by atoms with Gasteiger partial charge in [-0.1, -0.05) is 0 Å². The maximum absolute atomic E-state index is 10.6. The summed E-state index contributed by atoms with van der Waals surface area (Å²) in [4.78, 5) is 31.6. The van der Waals surface area contributed by atoms with Crippen molar-refractivity contribution in [3.63, 3.8) is 0 Å².